The Balaban J connectivity index is 1.41. The van der Waals surface area contributed by atoms with E-state index in [0.29, 0.717) is 13.2 Å². The molecule has 1 aromatic carbocycles. The smallest absolute Gasteiger partial charge is 0.191 e. The van der Waals surface area contributed by atoms with E-state index >= 15 is 0 Å². The van der Waals surface area contributed by atoms with Gasteiger partial charge in [0.05, 0.1) is 13.2 Å². The second kappa shape index (κ2) is 11.2. The number of hydrogen-bond acceptors (Lipinski definition) is 4. The van der Waals surface area contributed by atoms with E-state index in [1.54, 1.807) is 0 Å². The summed E-state index contributed by atoms with van der Waals surface area (Å²) in [7, 11) is 0. The first-order valence-corrected chi connectivity index (χ1v) is 10.2. The topological polar surface area (TPSA) is 61.8 Å². The van der Waals surface area contributed by atoms with Crippen molar-refractivity contribution in [2.75, 3.05) is 37.7 Å². The molecule has 2 N–H and O–H groups in total. The standard InChI is InChI=1S/C22H31N5O/c1-2-23-22(24-13-8-16-28-20-9-4-3-5-10-20)26-18-19-11-12-21(25-17-19)27-14-6-7-15-27/h3-5,9-12,17H,2,6-8,13-16,18H2,1H3,(H2,23,24,26). The number of nitrogens with zero attached hydrogens (tertiary/aromatic N) is 3. The molecule has 1 fully saturated rings. The van der Waals surface area contributed by atoms with Gasteiger partial charge in [-0.1, -0.05) is 24.3 Å². The molecule has 150 valence electrons. The summed E-state index contributed by atoms with van der Waals surface area (Å²) >= 11 is 0. The molecule has 6 heteroatoms. The number of nitrogens with one attached hydrogen (secondary N) is 2. The highest BCUT2D eigenvalue weighted by molar-refractivity contribution is 5.79. The molecule has 3 rings (SSSR count). The van der Waals surface area contributed by atoms with E-state index in [4.69, 9.17) is 4.74 Å². The van der Waals surface area contributed by atoms with E-state index in [2.05, 4.69) is 44.6 Å². The molecule has 0 amide bonds. The van der Waals surface area contributed by atoms with Crippen LogP contribution in [-0.2, 0) is 6.54 Å². The predicted molar refractivity (Wildman–Crippen MR) is 115 cm³/mol. The zero-order valence-electron chi connectivity index (χ0n) is 16.7. The van der Waals surface area contributed by atoms with Crippen molar-refractivity contribution >= 4 is 11.8 Å². The molecule has 2 heterocycles. The van der Waals surface area contributed by atoms with Crippen molar-refractivity contribution in [1.82, 2.24) is 15.6 Å². The molecule has 6 nitrogen and oxygen atoms in total. The maximum Gasteiger partial charge on any atom is 0.191 e. The summed E-state index contributed by atoms with van der Waals surface area (Å²) in [4.78, 5) is 11.6. The Hall–Kier alpha value is -2.76. The lowest BCUT2D eigenvalue weighted by Gasteiger charge is -2.16. The van der Waals surface area contributed by atoms with Crippen molar-refractivity contribution in [3.8, 4) is 5.75 Å². The van der Waals surface area contributed by atoms with E-state index < -0.39 is 0 Å². The van der Waals surface area contributed by atoms with E-state index in [1.807, 2.05) is 36.5 Å². The molecule has 0 bridgehead atoms. The van der Waals surface area contributed by atoms with Gasteiger partial charge in [0.2, 0.25) is 0 Å². The number of guanidine groups is 1. The molecule has 0 saturated carbocycles. The third-order valence-electron chi connectivity index (χ3n) is 4.63. The number of anilines is 1. The van der Waals surface area contributed by atoms with Crippen molar-refractivity contribution in [2.45, 2.75) is 32.7 Å². The Labute approximate surface area is 168 Å². The lowest BCUT2D eigenvalue weighted by atomic mass is 10.3. The Morgan fingerprint density at radius 3 is 2.64 bits per heavy atom. The van der Waals surface area contributed by atoms with Gasteiger partial charge in [-0.25, -0.2) is 9.98 Å². The highest BCUT2D eigenvalue weighted by Crippen LogP contribution is 2.17. The van der Waals surface area contributed by atoms with Gasteiger partial charge in [-0.05, 0) is 49.9 Å². The number of aliphatic imine (C=N–C) groups is 1. The quantitative estimate of drug-likeness (QED) is 0.397. The van der Waals surface area contributed by atoms with Crippen molar-refractivity contribution in [2.24, 2.45) is 4.99 Å². The van der Waals surface area contributed by atoms with Crippen LogP contribution in [0.1, 0.15) is 31.7 Å². The van der Waals surface area contributed by atoms with Crippen LogP contribution in [0.5, 0.6) is 5.75 Å². The summed E-state index contributed by atoms with van der Waals surface area (Å²) in [5.41, 5.74) is 1.12. The van der Waals surface area contributed by atoms with E-state index in [1.165, 1.54) is 12.8 Å². The largest absolute Gasteiger partial charge is 0.494 e. The number of ether oxygens (including phenoxy) is 1. The zero-order chi connectivity index (χ0) is 19.4. The second-order valence-corrected chi connectivity index (χ2v) is 6.86. The van der Waals surface area contributed by atoms with Gasteiger partial charge in [-0.15, -0.1) is 0 Å². The van der Waals surface area contributed by atoms with Gasteiger partial charge >= 0.3 is 0 Å². The number of rotatable bonds is 9. The van der Waals surface area contributed by atoms with Gasteiger partial charge in [0.15, 0.2) is 5.96 Å². The Bertz CT molecular complexity index is 711. The van der Waals surface area contributed by atoms with Crippen LogP contribution in [0.25, 0.3) is 0 Å². The summed E-state index contributed by atoms with van der Waals surface area (Å²) < 4.78 is 5.72. The number of hydrogen-bond donors (Lipinski definition) is 2. The van der Waals surface area contributed by atoms with Crippen molar-refractivity contribution in [3.63, 3.8) is 0 Å². The predicted octanol–water partition coefficient (Wildman–Crippen LogP) is 3.21. The molecule has 0 aliphatic carbocycles. The van der Waals surface area contributed by atoms with Crippen LogP contribution in [-0.4, -0.2) is 43.7 Å². The van der Waals surface area contributed by atoms with Gasteiger partial charge in [0, 0.05) is 32.4 Å². The number of para-hydroxylation sites is 1. The normalized spacial score (nSPS) is 14.2. The first-order chi connectivity index (χ1) is 13.8. The van der Waals surface area contributed by atoms with Gasteiger partial charge in [0.1, 0.15) is 11.6 Å². The van der Waals surface area contributed by atoms with Crippen LogP contribution in [0.15, 0.2) is 53.7 Å². The van der Waals surface area contributed by atoms with Crippen molar-refractivity contribution < 1.29 is 4.74 Å². The third kappa shape index (κ3) is 6.44. The molecule has 2 aromatic rings. The average molecular weight is 382 g/mol. The average Bonchev–Trinajstić information content (AvgIpc) is 3.28. The maximum absolute atomic E-state index is 5.72. The molecule has 1 aliphatic rings. The summed E-state index contributed by atoms with van der Waals surface area (Å²) in [6.45, 7) is 7.24. The van der Waals surface area contributed by atoms with Crippen LogP contribution in [0.4, 0.5) is 5.82 Å². The van der Waals surface area contributed by atoms with Gasteiger partial charge in [0.25, 0.3) is 0 Å². The van der Waals surface area contributed by atoms with Gasteiger partial charge in [-0.2, -0.15) is 0 Å². The molecule has 1 aromatic heterocycles. The lowest BCUT2D eigenvalue weighted by molar-refractivity contribution is 0.311. The summed E-state index contributed by atoms with van der Waals surface area (Å²) in [5.74, 6) is 2.81. The minimum atomic E-state index is 0.614. The lowest BCUT2D eigenvalue weighted by Crippen LogP contribution is -2.38. The molecule has 28 heavy (non-hydrogen) atoms. The highest BCUT2D eigenvalue weighted by Gasteiger charge is 2.12. The number of pyridine rings is 1. The fourth-order valence-corrected chi connectivity index (χ4v) is 3.14. The maximum atomic E-state index is 5.72. The highest BCUT2D eigenvalue weighted by atomic mass is 16.5. The fourth-order valence-electron chi connectivity index (χ4n) is 3.14. The molecule has 0 radical (unpaired) electrons. The Kier molecular flexibility index (Phi) is 7.97. The number of benzene rings is 1. The molecule has 0 unspecified atom stereocenters. The van der Waals surface area contributed by atoms with Gasteiger partial charge < -0.3 is 20.3 Å². The molecule has 0 spiro atoms. The summed E-state index contributed by atoms with van der Waals surface area (Å²) in [6.07, 6.45) is 5.38. The molecule has 1 aliphatic heterocycles. The molecule has 0 atom stereocenters. The van der Waals surface area contributed by atoms with E-state index in [0.717, 1.165) is 55.7 Å². The second-order valence-electron chi connectivity index (χ2n) is 6.86. The van der Waals surface area contributed by atoms with Crippen LogP contribution >= 0.6 is 0 Å². The minimum absolute atomic E-state index is 0.614. The molecule has 1 saturated heterocycles. The first-order valence-electron chi connectivity index (χ1n) is 10.2. The van der Waals surface area contributed by atoms with E-state index in [9.17, 15) is 0 Å². The van der Waals surface area contributed by atoms with Crippen LogP contribution in [0.3, 0.4) is 0 Å². The Morgan fingerprint density at radius 1 is 1.11 bits per heavy atom. The SMILES string of the molecule is CCNC(=NCc1ccc(N2CCCC2)nc1)NCCCOc1ccccc1. The van der Waals surface area contributed by atoms with E-state index in [-0.39, 0.29) is 0 Å². The monoisotopic (exact) mass is 381 g/mol. The van der Waals surface area contributed by atoms with Crippen LogP contribution in [0.2, 0.25) is 0 Å². The fraction of sp³-hybridized carbons (Fsp3) is 0.455. The summed E-state index contributed by atoms with van der Waals surface area (Å²) in [6, 6.07) is 14.1. The first kappa shape index (κ1) is 20.0. The van der Waals surface area contributed by atoms with Gasteiger partial charge in [-0.3, -0.25) is 0 Å². The van der Waals surface area contributed by atoms with Crippen molar-refractivity contribution in [3.05, 3.63) is 54.2 Å². The Morgan fingerprint density at radius 2 is 1.93 bits per heavy atom. The van der Waals surface area contributed by atoms with Crippen molar-refractivity contribution in [1.29, 1.82) is 0 Å². The molecular weight excluding hydrogens is 350 g/mol. The summed E-state index contributed by atoms with van der Waals surface area (Å²) in [5, 5.41) is 6.65. The third-order valence-corrected chi connectivity index (χ3v) is 4.63. The van der Waals surface area contributed by atoms with Crippen LogP contribution in [0, 0.1) is 0 Å². The molecular formula is C22H31N5O. The zero-order valence-corrected chi connectivity index (χ0v) is 16.7. The van der Waals surface area contributed by atoms with Crippen LogP contribution < -0.4 is 20.3 Å². The number of aromatic nitrogens is 1. The minimum Gasteiger partial charge on any atom is -0.494 e.